The van der Waals surface area contributed by atoms with Crippen LogP contribution in [0.2, 0.25) is 0 Å². The van der Waals surface area contributed by atoms with Gasteiger partial charge < -0.3 is 9.64 Å². The smallest absolute Gasteiger partial charge is 0.226 e. The first-order chi connectivity index (χ1) is 6.75. The topological polar surface area (TPSA) is 38.2 Å². The van der Waals surface area contributed by atoms with E-state index in [9.17, 15) is 0 Å². The van der Waals surface area contributed by atoms with Gasteiger partial charge in [-0.2, -0.15) is 0 Å². The third-order valence-electron chi connectivity index (χ3n) is 2.13. The molecule has 0 aliphatic carbocycles. The number of ether oxygens (including phenoxy) is 1. The molecule has 1 aromatic rings. The van der Waals surface area contributed by atoms with E-state index >= 15 is 0 Å². The van der Waals surface area contributed by atoms with E-state index in [0.29, 0.717) is 0 Å². The largest absolute Gasteiger partial charge is 0.375 e. The van der Waals surface area contributed by atoms with Gasteiger partial charge in [-0.15, -0.1) is 0 Å². The second-order valence-corrected chi connectivity index (χ2v) is 4.12. The maximum Gasteiger partial charge on any atom is 0.226 e. The second-order valence-electron chi connectivity index (χ2n) is 3.31. The Morgan fingerprint density at radius 3 is 3.21 bits per heavy atom. The standard InChI is InChI=1S/C9H12BrN3O/c1-7-6-13(4-5-14-7)9-11-3-2-8(10)12-9/h2-3,7H,4-6H2,1H3/t7-/m1/s1. The highest BCUT2D eigenvalue weighted by Gasteiger charge is 2.18. The minimum Gasteiger partial charge on any atom is -0.375 e. The molecule has 1 fully saturated rings. The molecule has 76 valence electrons. The van der Waals surface area contributed by atoms with Gasteiger partial charge in [-0.25, -0.2) is 9.97 Å². The van der Waals surface area contributed by atoms with Crippen molar-refractivity contribution in [2.45, 2.75) is 13.0 Å². The Labute approximate surface area is 91.4 Å². The fraction of sp³-hybridized carbons (Fsp3) is 0.556. The molecule has 0 bridgehead atoms. The van der Waals surface area contributed by atoms with Crippen LogP contribution in [-0.2, 0) is 4.74 Å². The molecule has 1 aliphatic heterocycles. The van der Waals surface area contributed by atoms with Crippen molar-refractivity contribution < 1.29 is 4.74 Å². The number of hydrogen-bond donors (Lipinski definition) is 0. The van der Waals surface area contributed by atoms with Crippen LogP contribution in [0.5, 0.6) is 0 Å². The maximum atomic E-state index is 5.45. The zero-order valence-electron chi connectivity index (χ0n) is 7.98. The first kappa shape index (κ1) is 9.86. The average Bonchev–Trinajstić information content (AvgIpc) is 2.18. The first-order valence-electron chi connectivity index (χ1n) is 4.61. The molecule has 1 aromatic heterocycles. The van der Waals surface area contributed by atoms with Gasteiger partial charge in [0.1, 0.15) is 4.60 Å². The van der Waals surface area contributed by atoms with E-state index in [1.807, 2.05) is 6.07 Å². The number of rotatable bonds is 1. The summed E-state index contributed by atoms with van der Waals surface area (Å²) in [5.74, 6) is 0.773. The van der Waals surface area contributed by atoms with Crippen molar-refractivity contribution >= 4 is 21.9 Å². The van der Waals surface area contributed by atoms with Crippen molar-refractivity contribution in [3.05, 3.63) is 16.9 Å². The van der Waals surface area contributed by atoms with Gasteiger partial charge in [0.2, 0.25) is 5.95 Å². The monoisotopic (exact) mass is 257 g/mol. The second kappa shape index (κ2) is 4.23. The lowest BCUT2D eigenvalue weighted by atomic mass is 10.3. The van der Waals surface area contributed by atoms with Crippen molar-refractivity contribution in [3.8, 4) is 0 Å². The highest BCUT2D eigenvalue weighted by atomic mass is 79.9. The first-order valence-corrected chi connectivity index (χ1v) is 5.40. The Kier molecular flexibility index (Phi) is 2.98. The van der Waals surface area contributed by atoms with Crippen LogP contribution in [0.1, 0.15) is 6.92 Å². The minimum atomic E-state index is 0.256. The van der Waals surface area contributed by atoms with Crippen LogP contribution < -0.4 is 4.90 Å². The maximum absolute atomic E-state index is 5.45. The van der Waals surface area contributed by atoms with Gasteiger partial charge >= 0.3 is 0 Å². The van der Waals surface area contributed by atoms with Crippen molar-refractivity contribution in [1.29, 1.82) is 0 Å². The van der Waals surface area contributed by atoms with E-state index in [1.54, 1.807) is 6.20 Å². The van der Waals surface area contributed by atoms with E-state index in [0.717, 1.165) is 30.2 Å². The molecule has 2 rings (SSSR count). The van der Waals surface area contributed by atoms with E-state index in [1.165, 1.54) is 0 Å². The lowest BCUT2D eigenvalue weighted by Crippen LogP contribution is -2.41. The minimum absolute atomic E-state index is 0.256. The number of nitrogens with zero attached hydrogens (tertiary/aromatic N) is 3. The number of hydrogen-bond acceptors (Lipinski definition) is 4. The van der Waals surface area contributed by atoms with E-state index < -0.39 is 0 Å². The number of anilines is 1. The summed E-state index contributed by atoms with van der Waals surface area (Å²) in [6.07, 6.45) is 2.01. The molecular weight excluding hydrogens is 246 g/mol. The van der Waals surface area contributed by atoms with Crippen LogP contribution in [0.4, 0.5) is 5.95 Å². The zero-order chi connectivity index (χ0) is 9.97. The van der Waals surface area contributed by atoms with E-state index in [-0.39, 0.29) is 6.10 Å². The summed E-state index contributed by atoms with van der Waals surface area (Å²) in [7, 11) is 0. The van der Waals surface area contributed by atoms with Crippen LogP contribution in [0, 0.1) is 0 Å². The van der Waals surface area contributed by atoms with Crippen LogP contribution in [0.25, 0.3) is 0 Å². The van der Waals surface area contributed by atoms with Crippen molar-refractivity contribution in [1.82, 2.24) is 9.97 Å². The van der Waals surface area contributed by atoms with Gasteiger partial charge in [-0.05, 0) is 28.9 Å². The third kappa shape index (κ3) is 2.22. The van der Waals surface area contributed by atoms with Gasteiger partial charge in [-0.1, -0.05) is 0 Å². The molecule has 4 nitrogen and oxygen atoms in total. The van der Waals surface area contributed by atoms with Crippen molar-refractivity contribution in [2.24, 2.45) is 0 Å². The lowest BCUT2D eigenvalue weighted by Gasteiger charge is -2.30. The number of halogens is 1. The quantitative estimate of drug-likeness (QED) is 0.715. The zero-order valence-corrected chi connectivity index (χ0v) is 9.57. The molecule has 0 saturated carbocycles. The number of aromatic nitrogens is 2. The summed E-state index contributed by atoms with van der Waals surface area (Å²) in [6, 6.07) is 1.83. The predicted molar refractivity (Wildman–Crippen MR) is 57.4 cm³/mol. The van der Waals surface area contributed by atoms with Crippen LogP contribution in [0.15, 0.2) is 16.9 Å². The Hall–Kier alpha value is -0.680. The summed E-state index contributed by atoms with van der Waals surface area (Å²) in [5.41, 5.74) is 0. The van der Waals surface area contributed by atoms with Gasteiger partial charge in [0.25, 0.3) is 0 Å². The molecule has 0 spiro atoms. The summed E-state index contributed by atoms with van der Waals surface area (Å²) < 4.78 is 6.27. The highest BCUT2D eigenvalue weighted by molar-refractivity contribution is 9.10. The van der Waals surface area contributed by atoms with Crippen molar-refractivity contribution in [3.63, 3.8) is 0 Å². The molecule has 0 unspecified atom stereocenters. The molecule has 1 atom stereocenters. The molecule has 0 N–H and O–H groups in total. The molecule has 0 amide bonds. The summed E-state index contributed by atoms with van der Waals surface area (Å²) in [6.45, 7) is 4.53. The normalized spacial score (nSPS) is 22.4. The fourth-order valence-electron chi connectivity index (χ4n) is 1.48. The molecule has 0 radical (unpaired) electrons. The summed E-state index contributed by atoms with van der Waals surface area (Å²) >= 11 is 3.33. The van der Waals surface area contributed by atoms with Gasteiger partial charge in [0, 0.05) is 19.3 Å². The SMILES string of the molecule is C[C@@H]1CN(c2nccc(Br)n2)CCO1. The molecule has 1 saturated heterocycles. The van der Waals surface area contributed by atoms with E-state index in [4.69, 9.17) is 4.74 Å². The van der Waals surface area contributed by atoms with Crippen LogP contribution in [-0.4, -0.2) is 35.8 Å². The van der Waals surface area contributed by atoms with Gasteiger partial charge in [0.05, 0.1) is 12.7 Å². The molecule has 5 heteroatoms. The van der Waals surface area contributed by atoms with Gasteiger partial charge in [0.15, 0.2) is 0 Å². The summed E-state index contributed by atoms with van der Waals surface area (Å²) in [4.78, 5) is 10.7. The Balaban J connectivity index is 2.14. The molecule has 0 aromatic carbocycles. The summed E-state index contributed by atoms with van der Waals surface area (Å²) in [5, 5.41) is 0. The Morgan fingerprint density at radius 1 is 1.64 bits per heavy atom. The highest BCUT2D eigenvalue weighted by Crippen LogP contribution is 2.14. The molecular formula is C9H12BrN3O. The Morgan fingerprint density at radius 2 is 2.50 bits per heavy atom. The van der Waals surface area contributed by atoms with Crippen LogP contribution >= 0.6 is 15.9 Å². The fourth-order valence-corrected chi connectivity index (χ4v) is 1.76. The van der Waals surface area contributed by atoms with Crippen molar-refractivity contribution in [2.75, 3.05) is 24.6 Å². The molecule has 2 heterocycles. The lowest BCUT2D eigenvalue weighted by molar-refractivity contribution is 0.0526. The predicted octanol–water partition coefficient (Wildman–Crippen LogP) is 1.46. The van der Waals surface area contributed by atoms with Crippen LogP contribution in [0.3, 0.4) is 0 Å². The Bertz CT molecular complexity index is 321. The molecule has 14 heavy (non-hydrogen) atoms. The van der Waals surface area contributed by atoms with Gasteiger partial charge in [-0.3, -0.25) is 0 Å². The molecule has 1 aliphatic rings. The van der Waals surface area contributed by atoms with E-state index in [2.05, 4.69) is 37.7 Å². The number of morpholine rings is 1. The third-order valence-corrected chi connectivity index (χ3v) is 2.57. The average molecular weight is 258 g/mol.